The van der Waals surface area contributed by atoms with E-state index in [9.17, 15) is 13.2 Å². The van der Waals surface area contributed by atoms with Gasteiger partial charge in [0.2, 0.25) is 10.0 Å². The van der Waals surface area contributed by atoms with E-state index in [1.165, 1.54) is 29.6 Å². The van der Waals surface area contributed by atoms with Gasteiger partial charge in [-0.15, -0.1) is 0 Å². The first kappa shape index (κ1) is 23.0. The topological polar surface area (TPSA) is 82.1 Å². The molecule has 172 valence electrons. The smallest absolute Gasteiger partial charge is 0.331 e. The van der Waals surface area contributed by atoms with Gasteiger partial charge in [-0.25, -0.2) is 13.2 Å². The van der Waals surface area contributed by atoms with Crippen molar-refractivity contribution in [2.45, 2.75) is 11.5 Å². The zero-order chi connectivity index (χ0) is 23.3. The van der Waals surface area contributed by atoms with Crippen molar-refractivity contribution >= 4 is 32.8 Å². The number of nitrogens with zero attached hydrogens (tertiary/aromatic N) is 1. The third kappa shape index (κ3) is 5.24. The number of carbonyl (C=O) groups excluding carboxylic acids is 1. The highest BCUT2D eigenvalue weighted by Crippen LogP contribution is 2.29. The summed E-state index contributed by atoms with van der Waals surface area (Å²) in [5.41, 5.74) is 1.46. The molecule has 0 aliphatic carbocycles. The van der Waals surface area contributed by atoms with Crippen LogP contribution in [0.1, 0.15) is 11.1 Å². The highest BCUT2D eigenvalue weighted by molar-refractivity contribution is 7.89. The largest absolute Gasteiger partial charge is 0.495 e. The van der Waals surface area contributed by atoms with Crippen LogP contribution >= 0.6 is 0 Å². The molecule has 1 aliphatic rings. The van der Waals surface area contributed by atoms with E-state index in [2.05, 4.69) is 0 Å². The molecule has 7 nitrogen and oxygen atoms in total. The van der Waals surface area contributed by atoms with Crippen LogP contribution in [0.2, 0.25) is 0 Å². The van der Waals surface area contributed by atoms with Gasteiger partial charge in [-0.1, -0.05) is 48.5 Å². The maximum Gasteiger partial charge on any atom is 0.331 e. The summed E-state index contributed by atoms with van der Waals surface area (Å²) >= 11 is 0. The lowest BCUT2D eigenvalue weighted by Crippen LogP contribution is -2.40. The first-order chi connectivity index (χ1) is 16.0. The predicted octanol–water partition coefficient (Wildman–Crippen LogP) is 3.63. The van der Waals surface area contributed by atoms with Crippen LogP contribution in [-0.4, -0.2) is 52.1 Å². The number of morpholine rings is 1. The van der Waals surface area contributed by atoms with Crippen LogP contribution in [0.4, 0.5) is 0 Å². The van der Waals surface area contributed by atoms with Crippen molar-refractivity contribution in [2.24, 2.45) is 0 Å². The SMILES string of the molecule is COc1ccc(/C=C/C(=O)OCc2cccc3ccccc23)cc1S(=O)(=O)N1CCOCC1. The van der Waals surface area contributed by atoms with Crippen LogP contribution in [0.5, 0.6) is 5.75 Å². The molecule has 1 fully saturated rings. The fourth-order valence-corrected chi connectivity index (χ4v) is 5.30. The number of fused-ring (bicyclic) bond motifs is 1. The Hall–Kier alpha value is -3.20. The summed E-state index contributed by atoms with van der Waals surface area (Å²) in [4.78, 5) is 12.4. The Kier molecular flexibility index (Phi) is 7.08. The number of methoxy groups -OCH3 is 1. The zero-order valence-electron chi connectivity index (χ0n) is 18.3. The van der Waals surface area contributed by atoms with E-state index in [-0.39, 0.29) is 30.3 Å². The van der Waals surface area contributed by atoms with Gasteiger partial charge in [0.1, 0.15) is 17.3 Å². The highest BCUT2D eigenvalue weighted by Gasteiger charge is 2.29. The van der Waals surface area contributed by atoms with E-state index in [0.717, 1.165) is 16.3 Å². The molecule has 8 heteroatoms. The fraction of sp³-hybridized carbons (Fsp3) is 0.240. The second kappa shape index (κ2) is 10.2. The van der Waals surface area contributed by atoms with Gasteiger partial charge in [-0.3, -0.25) is 0 Å². The summed E-state index contributed by atoms with van der Waals surface area (Å²) in [6, 6.07) is 18.5. The molecule has 3 aromatic carbocycles. The summed E-state index contributed by atoms with van der Waals surface area (Å²) < 4.78 is 43.5. The molecule has 0 bridgehead atoms. The van der Waals surface area contributed by atoms with E-state index in [0.29, 0.717) is 18.8 Å². The first-order valence-electron chi connectivity index (χ1n) is 10.6. The fourth-order valence-electron chi connectivity index (χ4n) is 3.70. The van der Waals surface area contributed by atoms with Crippen LogP contribution in [0, 0.1) is 0 Å². The second-order valence-corrected chi connectivity index (χ2v) is 9.41. The third-order valence-electron chi connectivity index (χ3n) is 5.44. The summed E-state index contributed by atoms with van der Waals surface area (Å²) in [7, 11) is -2.33. The van der Waals surface area contributed by atoms with Crippen LogP contribution in [0.15, 0.2) is 71.6 Å². The Balaban J connectivity index is 1.48. The minimum Gasteiger partial charge on any atom is -0.495 e. The normalized spacial score (nSPS) is 15.1. The lowest BCUT2D eigenvalue weighted by molar-refractivity contribution is -0.138. The van der Waals surface area contributed by atoms with Gasteiger partial charge >= 0.3 is 5.97 Å². The highest BCUT2D eigenvalue weighted by atomic mass is 32.2. The Morgan fingerprint density at radius 3 is 2.61 bits per heavy atom. The van der Waals surface area contributed by atoms with Gasteiger partial charge < -0.3 is 14.2 Å². The number of benzene rings is 3. The Morgan fingerprint density at radius 2 is 1.82 bits per heavy atom. The molecule has 1 heterocycles. The van der Waals surface area contributed by atoms with Crippen LogP contribution in [0.25, 0.3) is 16.8 Å². The zero-order valence-corrected chi connectivity index (χ0v) is 19.1. The van der Waals surface area contributed by atoms with Gasteiger partial charge in [-0.05, 0) is 40.1 Å². The molecule has 0 radical (unpaired) electrons. The number of sulfonamides is 1. The summed E-state index contributed by atoms with van der Waals surface area (Å²) in [6.07, 6.45) is 2.82. The number of carbonyl (C=O) groups is 1. The van der Waals surface area contributed by atoms with E-state index < -0.39 is 16.0 Å². The minimum atomic E-state index is -3.75. The minimum absolute atomic E-state index is 0.0539. The Labute approximate surface area is 193 Å². The molecule has 3 aromatic rings. The molecule has 0 spiro atoms. The Bertz CT molecular complexity index is 1270. The third-order valence-corrected chi connectivity index (χ3v) is 7.36. The average Bonchev–Trinajstić information content (AvgIpc) is 2.86. The molecule has 1 saturated heterocycles. The number of hydrogen-bond donors (Lipinski definition) is 0. The molecule has 0 amide bonds. The molecule has 1 aliphatic heterocycles. The summed E-state index contributed by atoms with van der Waals surface area (Å²) in [6.45, 7) is 1.41. The molecule has 33 heavy (non-hydrogen) atoms. The van der Waals surface area contributed by atoms with Gasteiger partial charge in [0.15, 0.2) is 0 Å². The molecule has 0 atom stereocenters. The maximum atomic E-state index is 13.1. The van der Waals surface area contributed by atoms with Gasteiger partial charge in [0, 0.05) is 19.2 Å². The number of esters is 1. The van der Waals surface area contributed by atoms with Crippen molar-refractivity contribution < 1.29 is 27.4 Å². The van der Waals surface area contributed by atoms with Gasteiger partial charge in [0.25, 0.3) is 0 Å². The van der Waals surface area contributed by atoms with E-state index in [1.807, 2.05) is 42.5 Å². The van der Waals surface area contributed by atoms with Crippen LogP contribution in [0.3, 0.4) is 0 Å². The van der Waals surface area contributed by atoms with Crippen molar-refractivity contribution in [2.75, 3.05) is 33.4 Å². The summed E-state index contributed by atoms with van der Waals surface area (Å²) in [5, 5.41) is 2.11. The number of hydrogen-bond acceptors (Lipinski definition) is 6. The molecule has 0 unspecified atom stereocenters. The van der Waals surface area contributed by atoms with Crippen molar-refractivity contribution in [3.8, 4) is 5.75 Å². The number of ether oxygens (including phenoxy) is 3. The lowest BCUT2D eigenvalue weighted by Gasteiger charge is -2.26. The predicted molar refractivity (Wildman–Crippen MR) is 125 cm³/mol. The molecule has 4 rings (SSSR count). The Morgan fingerprint density at radius 1 is 1.06 bits per heavy atom. The van der Waals surface area contributed by atoms with Crippen LogP contribution in [-0.2, 0) is 30.9 Å². The number of rotatable bonds is 7. The first-order valence-corrected chi connectivity index (χ1v) is 12.0. The van der Waals surface area contributed by atoms with Crippen molar-refractivity contribution in [3.05, 3.63) is 77.9 Å². The van der Waals surface area contributed by atoms with E-state index >= 15 is 0 Å². The standard InChI is InChI=1S/C25H25NO6S/c1-30-23-11-9-19(17-24(23)33(28,29)26-13-15-31-16-14-26)10-12-25(27)32-18-21-7-4-6-20-5-2-3-8-22(20)21/h2-12,17H,13-16,18H2,1H3/b12-10+. The lowest BCUT2D eigenvalue weighted by atomic mass is 10.1. The molecular formula is C25H25NO6S. The monoisotopic (exact) mass is 467 g/mol. The molecule has 0 aromatic heterocycles. The van der Waals surface area contributed by atoms with E-state index in [4.69, 9.17) is 14.2 Å². The van der Waals surface area contributed by atoms with Gasteiger partial charge in [-0.2, -0.15) is 4.31 Å². The van der Waals surface area contributed by atoms with Crippen molar-refractivity contribution in [1.29, 1.82) is 0 Å². The maximum absolute atomic E-state index is 13.1. The molecule has 0 N–H and O–H groups in total. The molecular weight excluding hydrogens is 442 g/mol. The second-order valence-electron chi connectivity index (χ2n) is 7.51. The van der Waals surface area contributed by atoms with Gasteiger partial charge in [0.05, 0.1) is 20.3 Å². The van der Waals surface area contributed by atoms with Crippen LogP contribution < -0.4 is 4.74 Å². The molecule has 0 saturated carbocycles. The van der Waals surface area contributed by atoms with Crippen molar-refractivity contribution in [1.82, 2.24) is 4.31 Å². The van der Waals surface area contributed by atoms with Crippen molar-refractivity contribution in [3.63, 3.8) is 0 Å². The quantitative estimate of drug-likeness (QED) is 0.390. The average molecular weight is 468 g/mol. The summed E-state index contributed by atoms with van der Waals surface area (Å²) in [5.74, 6) is -0.270. The van der Waals surface area contributed by atoms with E-state index in [1.54, 1.807) is 12.1 Å².